The van der Waals surface area contributed by atoms with Crippen molar-refractivity contribution in [2.45, 2.75) is 19.8 Å². The Kier molecular flexibility index (Phi) is 5.07. The van der Waals surface area contributed by atoms with Crippen LogP contribution < -0.4 is 0 Å². The second kappa shape index (κ2) is 6.62. The van der Waals surface area contributed by atoms with Gasteiger partial charge in [0.05, 0.1) is 17.6 Å². The van der Waals surface area contributed by atoms with E-state index in [1.165, 1.54) is 0 Å². The summed E-state index contributed by atoms with van der Waals surface area (Å²) >= 11 is 0. The molecule has 1 rings (SSSR count). The number of rotatable bonds is 5. The number of hydrogen-bond donors (Lipinski definition) is 0. The first-order chi connectivity index (χ1) is 7.77. The molecule has 0 aliphatic heterocycles. The number of esters is 1. The van der Waals surface area contributed by atoms with Gasteiger partial charge in [0.25, 0.3) is 0 Å². The van der Waals surface area contributed by atoms with Crippen LogP contribution in [0.25, 0.3) is 0 Å². The maximum absolute atomic E-state index is 11.5. The fraction of sp³-hybridized carbons (Fsp3) is 0.385. The molecule has 0 aliphatic carbocycles. The summed E-state index contributed by atoms with van der Waals surface area (Å²) in [6.45, 7) is 2.18. The van der Waals surface area contributed by atoms with Gasteiger partial charge in [0.1, 0.15) is 6.61 Å². The van der Waals surface area contributed by atoms with Gasteiger partial charge in [0.15, 0.2) is 0 Å². The monoisotopic (exact) mass is 217 g/mol. The number of hydrogen-bond acceptors (Lipinski definition) is 3. The molecule has 0 N–H and O–H groups in total. The lowest BCUT2D eigenvalue weighted by Crippen LogP contribution is -2.13. The van der Waals surface area contributed by atoms with Gasteiger partial charge in [-0.2, -0.15) is 5.26 Å². The Bertz CT molecular complexity index is 367. The fourth-order valence-corrected chi connectivity index (χ4v) is 1.37. The van der Waals surface area contributed by atoms with E-state index in [-0.39, 0.29) is 18.5 Å². The van der Waals surface area contributed by atoms with Crippen molar-refractivity contribution in [1.29, 1.82) is 5.26 Å². The van der Waals surface area contributed by atoms with Crippen molar-refractivity contribution in [2.24, 2.45) is 5.92 Å². The summed E-state index contributed by atoms with van der Waals surface area (Å²) in [7, 11) is 0. The number of ether oxygens (including phenoxy) is 1. The molecule has 0 aromatic heterocycles. The lowest BCUT2D eigenvalue weighted by molar-refractivity contribution is 0.0464. The van der Waals surface area contributed by atoms with E-state index in [1.807, 2.05) is 13.0 Å². The molecule has 0 aliphatic rings. The van der Waals surface area contributed by atoms with Crippen LogP contribution >= 0.6 is 0 Å². The molecule has 0 bridgehead atoms. The van der Waals surface area contributed by atoms with E-state index < -0.39 is 0 Å². The number of benzene rings is 1. The largest absolute Gasteiger partial charge is 0.461 e. The van der Waals surface area contributed by atoms with Crippen LogP contribution in [0.1, 0.15) is 30.1 Å². The molecular weight excluding hydrogens is 202 g/mol. The van der Waals surface area contributed by atoms with Crippen LogP contribution in [-0.4, -0.2) is 12.6 Å². The molecule has 0 saturated carbocycles. The van der Waals surface area contributed by atoms with Crippen LogP contribution in [0.4, 0.5) is 0 Å². The van der Waals surface area contributed by atoms with Crippen LogP contribution in [0, 0.1) is 17.2 Å². The third-order valence-electron chi connectivity index (χ3n) is 2.24. The predicted molar refractivity (Wildman–Crippen MR) is 60.7 cm³/mol. The molecule has 1 aromatic carbocycles. The molecule has 16 heavy (non-hydrogen) atoms. The molecule has 3 nitrogen and oxygen atoms in total. The highest BCUT2D eigenvalue weighted by atomic mass is 16.5. The number of nitriles is 1. The van der Waals surface area contributed by atoms with Crippen LogP contribution in [0.15, 0.2) is 30.3 Å². The van der Waals surface area contributed by atoms with Crippen molar-refractivity contribution in [1.82, 2.24) is 0 Å². The summed E-state index contributed by atoms with van der Waals surface area (Å²) in [5.74, 6) is -0.561. The third kappa shape index (κ3) is 3.74. The molecule has 0 unspecified atom stereocenters. The van der Waals surface area contributed by atoms with Crippen molar-refractivity contribution in [3.8, 4) is 6.07 Å². The topological polar surface area (TPSA) is 50.1 Å². The first kappa shape index (κ1) is 12.3. The van der Waals surface area contributed by atoms with Gasteiger partial charge >= 0.3 is 5.97 Å². The van der Waals surface area contributed by atoms with Crippen molar-refractivity contribution in [3.63, 3.8) is 0 Å². The van der Waals surface area contributed by atoms with Gasteiger partial charge in [-0.15, -0.1) is 0 Å². The van der Waals surface area contributed by atoms with Gasteiger partial charge in [-0.25, -0.2) is 4.79 Å². The maximum atomic E-state index is 11.5. The highest BCUT2D eigenvalue weighted by molar-refractivity contribution is 5.89. The second-order valence-electron chi connectivity index (χ2n) is 3.58. The highest BCUT2D eigenvalue weighted by Crippen LogP contribution is 2.07. The average molecular weight is 217 g/mol. The Balaban J connectivity index is 2.44. The number of carbonyl (C=O) groups excluding carboxylic acids is 1. The zero-order valence-electron chi connectivity index (χ0n) is 9.35. The maximum Gasteiger partial charge on any atom is 0.338 e. The van der Waals surface area contributed by atoms with Crippen molar-refractivity contribution in [2.75, 3.05) is 6.61 Å². The molecule has 0 radical (unpaired) electrons. The predicted octanol–water partition coefficient (Wildman–Crippen LogP) is 2.78. The Morgan fingerprint density at radius 3 is 2.69 bits per heavy atom. The zero-order valence-corrected chi connectivity index (χ0v) is 9.35. The van der Waals surface area contributed by atoms with Crippen LogP contribution in [0.5, 0.6) is 0 Å². The van der Waals surface area contributed by atoms with E-state index in [9.17, 15) is 4.79 Å². The zero-order chi connectivity index (χ0) is 11.8. The van der Waals surface area contributed by atoms with E-state index in [4.69, 9.17) is 10.00 Å². The van der Waals surface area contributed by atoms with Gasteiger partial charge < -0.3 is 4.74 Å². The van der Waals surface area contributed by atoms with Gasteiger partial charge in [0.2, 0.25) is 0 Å². The number of carbonyl (C=O) groups is 1. The van der Waals surface area contributed by atoms with Crippen LogP contribution in [-0.2, 0) is 4.74 Å². The van der Waals surface area contributed by atoms with Crippen LogP contribution in [0.3, 0.4) is 0 Å². The minimum atomic E-state index is -0.364. The first-order valence-electron chi connectivity index (χ1n) is 5.39. The molecule has 0 spiro atoms. The normalized spacial score (nSPS) is 11.5. The van der Waals surface area contributed by atoms with E-state index in [1.54, 1.807) is 24.3 Å². The summed E-state index contributed by atoms with van der Waals surface area (Å²) in [6.07, 6.45) is 1.68. The lowest BCUT2D eigenvalue weighted by Gasteiger charge is -2.08. The molecule has 0 saturated heterocycles. The number of nitrogens with zero attached hydrogens (tertiary/aromatic N) is 1. The van der Waals surface area contributed by atoms with E-state index in [0.717, 1.165) is 12.8 Å². The molecule has 0 fully saturated rings. The summed E-state index contributed by atoms with van der Waals surface area (Å²) in [6, 6.07) is 10.9. The Labute approximate surface area is 95.7 Å². The van der Waals surface area contributed by atoms with Gasteiger partial charge in [-0.3, -0.25) is 0 Å². The van der Waals surface area contributed by atoms with Crippen molar-refractivity contribution < 1.29 is 9.53 Å². The molecule has 1 aromatic rings. The average Bonchev–Trinajstić information content (AvgIpc) is 2.35. The minimum Gasteiger partial charge on any atom is -0.461 e. The Morgan fingerprint density at radius 2 is 2.12 bits per heavy atom. The first-order valence-corrected chi connectivity index (χ1v) is 5.39. The Hall–Kier alpha value is -1.82. The molecular formula is C13H15NO2. The summed E-state index contributed by atoms with van der Waals surface area (Å²) in [4.78, 5) is 11.5. The Morgan fingerprint density at radius 1 is 1.44 bits per heavy atom. The molecule has 0 amide bonds. The second-order valence-corrected chi connectivity index (χ2v) is 3.58. The standard InChI is InChI=1S/C13H15NO2/c1-2-6-11(9-14)10-16-13(15)12-7-4-3-5-8-12/h3-5,7-8,11H,2,6,10H2,1H3/t11-/m1/s1. The summed E-state index contributed by atoms with van der Waals surface area (Å²) in [5.41, 5.74) is 0.524. The van der Waals surface area contributed by atoms with Gasteiger partial charge in [0, 0.05) is 0 Å². The quantitative estimate of drug-likeness (QED) is 0.712. The van der Waals surface area contributed by atoms with Gasteiger partial charge in [-0.05, 0) is 18.6 Å². The van der Waals surface area contributed by atoms with Crippen molar-refractivity contribution in [3.05, 3.63) is 35.9 Å². The third-order valence-corrected chi connectivity index (χ3v) is 2.24. The lowest BCUT2D eigenvalue weighted by atomic mass is 10.1. The summed E-state index contributed by atoms with van der Waals surface area (Å²) < 4.78 is 5.07. The van der Waals surface area contributed by atoms with E-state index in [2.05, 4.69) is 6.07 Å². The highest BCUT2D eigenvalue weighted by Gasteiger charge is 2.11. The van der Waals surface area contributed by atoms with E-state index >= 15 is 0 Å². The smallest absolute Gasteiger partial charge is 0.338 e. The van der Waals surface area contributed by atoms with Gasteiger partial charge in [-0.1, -0.05) is 31.5 Å². The van der Waals surface area contributed by atoms with E-state index in [0.29, 0.717) is 5.56 Å². The van der Waals surface area contributed by atoms with Crippen molar-refractivity contribution >= 4 is 5.97 Å². The SMILES string of the molecule is CCC[C@H](C#N)COC(=O)c1ccccc1. The van der Waals surface area contributed by atoms with Crippen LogP contribution in [0.2, 0.25) is 0 Å². The molecule has 84 valence electrons. The molecule has 1 atom stereocenters. The minimum absolute atomic E-state index is 0.179. The fourth-order valence-electron chi connectivity index (χ4n) is 1.37. The molecule has 0 heterocycles. The molecule has 3 heteroatoms. The summed E-state index contributed by atoms with van der Waals surface area (Å²) in [5, 5.41) is 8.80.